The van der Waals surface area contributed by atoms with Crippen LogP contribution < -0.4 is 0 Å². The molecule has 2 aromatic carbocycles. The normalized spacial score (nSPS) is 17.7. The Hall–Kier alpha value is -2.18. The zero-order valence-corrected chi connectivity index (χ0v) is 15.9. The third-order valence-corrected chi connectivity index (χ3v) is 6.57. The van der Waals surface area contributed by atoms with Crippen LogP contribution in [0.2, 0.25) is 0 Å². The summed E-state index contributed by atoms with van der Waals surface area (Å²) in [6, 6.07) is 15.9. The number of rotatable bonds is 5. The molecule has 1 atom stereocenters. The molecule has 0 radical (unpaired) electrons. The minimum absolute atomic E-state index is 0.113. The van der Waals surface area contributed by atoms with E-state index in [-0.39, 0.29) is 22.1 Å². The predicted octanol–water partition coefficient (Wildman–Crippen LogP) is 2.44. The van der Waals surface area contributed by atoms with Gasteiger partial charge in [0.05, 0.1) is 16.2 Å². The Morgan fingerprint density at radius 3 is 2.38 bits per heavy atom. The van der Waals surface area contributed by atoms with Crippen molar-refractivity contribution >= 4 is 15.7 Å². The molecule has 0 N–H and O–H groups in total. The Balaban J connectivity index is 1.87. The third-order valence-electron chi connectivity index (χ3n) is 4.83. The molecule has 1 aliphatic rings. The number of hydrogen-bond donors (Lipinski definition) is 0. The van der Waals surface area contributed by atoms with Crippen LogP contribution in [0.15, 0.2) is 59.5 Å². The third kappa shape index (κ3) is 3.97. The standard InChI is InChI=1S/C20H24N2O3S/c1-21(2)17-12-13-22(14-17)20(23)18-10-6-7-11-19(18)26(24,25)15-16-8-4-3-5-9-16/h3-11,17H,12-15H2,1-2H3/t17-/m1/s1. The summed E-state index contributed by atoms with van der Waals surface area (Å²) in [7, 11) is 0.388. The van der Waals surface area contributed by atoms with E-state index in [4.69, 9.17) is 0 Å². The largest absolute Gasteiger partial charge is 0.337 e. The highest BCUT2D eigenvalue weighted by Crippen LogP contribution is 2.24. The molecule has 1 heterocycles. The molecule has 5 nitrogen and oxygen atoms in total. The first-order valence-electron chi connectivity index (χ1n) is 8.70. The van der Waals surface area contributed by atoms with Crippen molar-refractivity contribution in [2.75, 3.05) is 27.2 Å². The molecule has 1 aliphatic heterocycles. The number of benzene rings is 2. The van der Waals surface area contributed by atoms with Crippen LogP contribution in [-0.4, -0.2) is 57.4 Å². The van der Waals surface area contributed by atoms with Crippen LogP contribution in [0.5, 0.6) is 0 Å². The second-order valence-electron chi connectivity index (χ2n) is 6.90. The van der Waals surface area contributed by atoms with E-state index >= 15 is 0 Å². The van der Waals surface area contributed by atoms with Crippen molar-refractivity contribution in [2.24, 2.45) is 0 Å². The molecule has 6 heteroatoms. The fourth-order valence-corrected chi connectivity index (χ4v) is 4.87. The first-order chi connectivity index (χ1) is 12.4. The number of hydrogen-bond acceptors (Lipinski definition) is 4. The van der Waals surface area contributed by atoms with Crippen molar-refractivity contribution < 1.29 is 13.2 Å². The van der Waals surface area contributed by atoms with Crippen molar-refractivity contribution in [3.05, 3.63) is 65.7 Å². The minimum atomic E-state index is -3.61. The number of likely N-dealkylation sites (tertiary alicyclic amines) is 1. The van der Waals surface area contributed by atoms with Gasteiger partial charge in [0.1, 0.15) is 0 Å². The topological polar surface area (TPSA) is 57.7 Å². The zero-order valence-electron chi connectivity index (χ0n) is 15.1. The second-order valence-corrected chi connectivity index (χ2v) is 8.86. The van der Waals surface area contributed by atoms with Gasteiger partial charge in [-0.2, -0.15) is 0 Å². The van der Waals surface area contributed by atoms with Crippen molar-refractivity contribution in [3.63, 3.8) is 0 Å². The van der Waals surface area contributed by atoms with E-state index in [1.165, 1.54) is 6.07 Å². The number of amides is 1. The van der Waals surface area contributed by atoms with E-state index in [0.717, 1.165) is 6.42 Å². The van der Waals surface area contributed by atoms with Crippen LogP contribution in [-0.2, 0) is 15.6 Å². The Morgan fingerprint density at radius 1 is 1.08 bits per heavy atom. The first-order valence-corrected chi connectivity index (χ1v) is 10.3. The van der Waals surface area contributed by atoms with E-state index in [1.807, 2.05) is 32.3 Å². The number of carbonyl (C=O) groups excluding carboxylic acids is 1. The monoisotopic (exact) mass is 372 g/mol. The lowest BCUT2D eigenvalue weighted by molar-refractivity contribution is 0.0779. The van der Waals surface area contributed by atoms with E-state index in [9.17, 15) is 13.2 Å². The number of likely N-dealkylation sites (N-methyl/N-ethyl adjacent to an activating group) is 1. The molecule has 2 aromatic rings. The van der Waals surface area contributed by atoms with Gasteiger partial charge < -0.3 is 9.80 Å². The van der Waals surface area contributed by atoms with Crippen LogP contribution in [0, 0.1) is 0 Å². The SMILES string of the molecule is CN(C)[C@@H]1CCN(C(=O)c2ccccc2S(=O)(=O)Cc2ccccc2)C1. The molecule has 1 amide bonds. The Morgan fingerprint density at radius 2 is 1.73 bits per heavy atom. The second kappa shape index (κ2) is 7.60. The highest BCUT2D eigenvalue weighted by atomic mass is 32.2. The number of carbonyl (C=O) groups is 1. The average Bonchev–Trinajstić information content (AvgIpc) is 3.12. The molecule has 0 unspecified atom stereocenters. The van der Waals surface area contributed by atoms with Gasteiger partial charge in [-0.15, -0.1) is 0 Å². The van der Waals surface area contributed by atoms with E-state index < -0.39 is 9.84 Å². The van der Waals surface area contributed by atoms with E-state index in [1.54, 1.807) is 35.2 Å². The van der Waals surface area contributed by atoms with E-state index in [2.05, 4.69) is 4.90 Å². The molecular formula is C20H24N2O3S. The molecular weight excluding hydrogens is 348 g/mol. The fourth-order valence-electron chi connectivity index (χ4n) is 3.30. The van der Waals surface area contributed by atoms with Gasteiger partial charge in [0.25, 0.3) is 5.91 Å². The summed E-state index contributed by atoms with van der Waals surface area (Å²) in [5.74, 6) is -0.320. The van der Waals surface area contributed by atoms with Crippen LogP contribution in [0.25, 0.3) is 0 Å². The summed E-state index contributed by atoms with van der Waals surface area (Å²) >= 11 is 0. The molecule has 138 valence electrons. The smallest absolute Gasteiger partial charge is 0.255 e. The van der Waals surface area contributed by atoms with Gasteiger partial charge in [-0.3, -0.25) is 4.79 Å². The molecule has 1 saturated heterocycles. The zero-order chi connectivity index (χ0) is 18.7. The summed E-state index contributed by atoms with van der Waals surface area (Å²) in [4.78, 5) is 16.9. The number of nitrogens with zero attached hydrogens (tertiary/aromatic N) is 2. The summed E-state index contributed by atoms with van der Waals surface area (Å²) in [6.45, 7) is 1.27. The molecule has 26 heavy (non-hydrogen) atoms. The average molecular weight is 372 g/mol. The lowest BCUT2D eigenvalue weighted by Crippen LogP contribution is -2.35. The molecule has 0 spiro atoms. The van der Waals surface area contributed by atoms with Gasteiger partial charge in [-0.05, 0) is 38.2 Å². The summed E-state index contributed by atoms with van der Waals surface area (Å²) < 4.78 is 25.9. The van der Waals surface area contributed by atoms with Gasteiger partial charge in [0.2, 0.25) is 0 Å². The van der Waals surface area contributed by atoms with Gasteiger partial charge in [-0.1, -0.05) is 42.5 Å². The van der Waals surface area contributed by atoms with Gasteiger partial charge in [0.15, 0.2) is 9.84 Å². The maximum atomic E-state index is 13.0. The molecule has 0 bridgehead atoms. The molecule has 3 rings (SSSR count). The quantitative estimate of drug-likeness (QED) is 0.809. The Kier molecular flexibility index (Phi) is 5.44. The van der Waals surface area contributed by atoms with Crippen LogP contribution in [0.1, 0.15) is 22.3 Å². The lowest BCUT2D eigenvalue weighted by Gasteiger charge is -2.21. The number of sulfone groups is 1. The Labute approximate surface area is 155 Å². The summed E-state index contributed by atoms with van der Waals surface area (Å²) in [6.07, 6.45) is 0.900. The maximum absolute atomic E-state index is 13.0. The highest BCUT2D eigenvalue weighted by molar-refractivity contribution is 7.90. The summed E-state index contributed by atoms with van der Waals surface area (Å²) in [5.41, 5.74) is 0.978. The van der Waals surface area contributed by atoms with Gasteiger partial charge in [-0.25, -0.2) is 8.42 Å². The molecule has 0 aliphatic carbocycles. The summed E-state index contributed by atoms with van der Waals surface area (Å²) in [5, 5.41) is 0. The van der Waals surface area contributed by atoms with Crippen LogP contribution in [0.4, 0.5) is 0 Å². The molecule has 0 saturated carbocycles. The van der Waals surface area contributed by atoms with E-state index in [0.29, 0.717) is 24.7 Å². The van der Waals surface area contributed by atoms with Crippen LogP contribution in [0.3, 0.4) is 0 Å². The lowest BCUT2D eigenvalue weighted by atomic mass is 10.2. The van der Waals surface area contributed by atoms with Gasteiger partial charge >= 0.3 is 0 Å². The fraction of sp³-hybridized carbons (Fsp3) is 0.350. The van der Waals surface area contributed by atoms with Crippen molar-refractivity contribution in [1.82, 2.24) is 9.80 Å². The molecule has 1 fully saturated rings. The maximum Gasteiger partial charge on any atom is 0.255 e. The Bertz CT molecular complexity index is 879. The van der Waals surface area contributed by atoms with Crippen molar-refractivity contribution in [2.45, 2.75) is 23.1 Å². The predicted molar refractivity (Wildman–Crippen MR) is 102 cm³/mol. The minimum Gasteiger partial charge on any atom is -0.337 e. The van der Waals surface area contributed by atoms with Crippen LogP contribution >= 0.6 is 0 Å². The van der Waals surface area contributed by atoms with Gasteiger partial charge in [0, 0.05) is 19.1 Å². The molecule has 0 aromatic heterocycles. The highest BCUT2D eigenvalue weighted by Gasteiger charge is 2.31. The first kappa shape index (κ1) is 18.6. The van der Waals surface area contributed by atoms with Crippen molar-refractivity contribution in [3.8, 4) is 0 Å². The van der Waals surface area contributed by atoms with Crippen molar-refractivity contribution in [1.29, 1.82) is 0 Å².